The molecule has 2 aliphatic carbocycles. The Kier molecular flexibility index (Phi) is 3.81. The number of esters is 1. The molecule has 5 heteroatoms. The van der Waals surface area contributed by atoms with Crippen molar-refractivity contribution in [3.63, 3.8) is 0 Å². The van der Waals surface area contributed by atoms with Gasteiger partial charge in [0, 0.05) is 11.3 Å². The van der Waals surface area contributed by atoms with Crippen LogP contribution in [0, 0.1) is 23.2 Å². The molecule has 5 fully saturated rings. The summed E-state index contributed by atoms with van der Waals surface area (Å²) >= 11 is 0. The van der Waals surface area contributed by atoms with E-state index in [0.29, 0.717) is 5.92 Å². The van der Waals surface area contributed by atoms with E-state index in [0.717, 1.165) is 26.1 Å². The lowest BCUT2D eigenvalue weighted by atomic mass is 9.53. The quantitative estimate of drug-likeness (QED) is 0.591. The van der Waals surface area contributed by atoms with E-state index in [9.17, 15) is 4.79 Å². The highest BCUT2D eigenvalue weighted by Gasteiger charge is 2.78. The molecule has 1 unspecified atom stereocenters. The number of rotatable bonds is 2. The van der Waals surface area contributed by atoms with Gasteiger partial charge in [-0.3, -0.25) is 4.79 Å². The van der Waals surface area contributed by atoms with Gasteiger partial charge in [0.2, 0.25) is 0 Å². The fourth-order valence-electron chi connectivity index (χ4n) is 7.33. The molecule has 10 atom stereocenters. The van der Waals surface area contributed by atoms with Crippen LogP contribution in [0.5, 0.6) is 0 Å². The summed E-state index contributed by atoms with van der Waals surface area (Å²) in [5.74, 6) is 0.881. The molecule has 5 rings (SSSR count). The van der Waals surface area contributed by atoms with Crippen LogP contribution in [0.3, 0.4) is 0 Å². The van der Waals surface area contributed by atoms with Crippen molar-refractivity contribution in [1.29, 1.82) is 0 Å². The Labute approximate surface area is 156 Å². The minimum atomic E-state index is -0.00412. The van der Waals surface area contributed by atoms with Gasteiger partial charge in [0.15, 0.2) is 0 Å². The van der Waals surface area contributed by atoms with Gasteiger partial charge in [-0.2, -0.15) is 0 Å². The Balaban J connectivity index is 1.38. The summed E-state index contributed by atoms with van der Waals surface area (Å²) < 4.78 is 18.4. The molecule has 0 aromatic carbocycles. The van der Waals surface area contributed by atoms with Gasteiger partial charge in [0.25, 0.3) is 0 Å². The van der Waals surface area contributed by atoms with Crippen molar-refractivity contribution < 1.29 is 23.9 Å². The van der Waals surface area contributed by atoms with Crippen LogP contribution >= 0.6 is 0 Å². The predicted octanol–water partition coefficient (Wildman–Crippen LogP) is 1.20. The van der Waals surface area contributed by atoms with Crippen LogP contribution in [-0.4, -0.2) is 55.6 Å². The first-order valence-corrected chi connectivity index (χ1v) is 10.7. The summed E-state index contributed by atoms with van der Waals surface area (Å²) in [5, 5.41) is 0. The number of carbonyl (C=O) groups excluding carboxylic acids is 1. The molecule has 2 saturated carbocycles. The zero-order valence-corrected chi connectivity index (χ0v) is 16.6. The number of morpholine rings is 1. The maximum atomic E-state index is 12.8. The molecule has 0 radical (unpaired) electrons. The normalized spacial score (nSPS) is 58.4. The van der Waals surface area contributed by atoms with Gasteiger partial charge in [-0.1, -0.05) is 20.3 Å². The molecule has 0 aromatic heterocycles. The molecule has 0 bridgehead atoms. The van der Waals surface area contributed by atoms with E-state index < -0.39 is 0 Å². The molecule has 26 heavy (non-hydrogen) atoms. The standard InChI is InChI=1S/C21H33NO4/c1-12-6-5-7-20(4)8-16-17(18-21(12,20)26-18)15(19(23)25-16)11-22-9-13(2)24-14(3)10-22/h12-18H,5-11H2,1-4H3/p+1/t12-,13-,14+,15+,16-,17-,18+,20-,21+/m1/s1. The summed E-state index contributed by atoms with van der Waals surface area (Å²) in [5.41, 5.74) is 0.195. The van der Waals surface area contributed by atoms with Crippen LogP contribution < -0.4 is 4.90 Å². The van der Waals surface area contributed by atoms with Gasteiger partial charge < -0.3 is 19.1 Å². The van der Waals surface area contributed by atoms with Crippen LogP contribution in [0.15, 0.2) is 0 Å². The Hall–Kier alpha value is -0.650. The second-order valence-electron chi connectivity index (χ2n) is 10.2. The number of carbonyl (C=O) groups is 1. The zero-order chi connectivity index (χ0) is 18.3. The summed E-state index contributed by atoms with van der Waals surface area (Å²) in [6.07, 6.45) is 5.56. The third-order valence-electron chi connectivity index (χ3n) is 8.32. The summed E-state index contributed by atoms with van der Waals surface area (Å²) in [6, 6.07) is 0. The Morgan fingerprint density at radius 2 is 1.92 bits per heavy atom. The number of nitrogens with one attached hydrogen (secondary N) is 1. The molecule has 1 spiro atoms. The van der Waals surface area contributed by atoms with E-state index in [1.807, 2.05) is 0 Å². The third-order valence-corrected chi connectivity index (χ3v) is 8.32. The molecule has 5 aliphatic rings. The number of hydrogen-bond acceptors (Lipinski definition) is 4. The number of quaternary nitrogens is 1. The van der Waals surface area contributed by atoms with Gasteiger partial charge in [0.05, 0.1) is 12.6 Å². The zero-order valence-electron chi connectivity index (χ0n) is 16.6. The van der Waals surface area contributed by atoms with Crippen LogP contribution in [0.2, 0.25) is 0 Å². The van der Waals surface area contributed by atoms with E-state index in [1.165, 1.54) is 24.2 Å². The number of hydrogen-bond donors (Lipinski definition) is 1. The van der Waals surface area contributed by atoms with Gasteiger partial charge >= 0.3 is 5.97 Å². The van der Waals surface area contributed by atoms with Crippen molar-refractivity contribution in [2.24, 2.45) is 23.2 Å². The van der Waals surface area contributed by atoms with Crippen molar-refractivity contribution in [1.82, 2.24) is 0 Å². The van der Waals surface area contributed by atoms with E-state index in [4.69, 9.17) is 14.2 Å². The molecule has 146 valence electrons. The number of epoxide rings is 1. The van der Waals surface area contributed by atoms with Crippen LogP contribution in [0.25, 0.3) is 0 Å². The Bertz CT molecular complexity index is 601. The smallest absolute Gasteiger partial charge is 0.315 e. The first-order valence-electron chi connectivity index (χ1n) is 10.7. The van der Waals surface area contributed by atoms with Gasteiger partial charge in [-0.15, -0.1) is 0 Å². The highest BCUT2D eigenvalue weighted by Crippen LogP contribution is 2.70. The fourth-order valence-corrected chi connectivity index (χ4v) is 7.33. The highest BCUT2D eigenvalue weighted by atomic mass is 16.6. The lowest BCUT2D eigenvalue weighted by Gasteiger charge is -2.48. The third kappa shape index (κ3) is 2.29. The predicted molar refractivity (Wildman–Crippen MR) is 95.8 cm³/mol. The first kappa shape index (κ1) is 17.4. The van der Waals surface area contributed by atoms with Crippen LogP contribution in [0.1, 0.15) is 53.4 Å². The Morgan fingerprint density at radius 1 is 1.19 bits per heavy atom. The van der Waals surface area contributed by atoms with E-state index in [1.54, 1.807) is 0 Å². The number of fused-ring (bicyclic) bond motifs is 2. The molecule has 3 saturated heterocycles. The Morgan fingerprint density at radius 3 is 2.65 bits per heavy atom. The van der Waals surface area contributed by atoms with E-state index >= 15 is 0 Å². The first-order chi connectivity index (χ1) is 12.3. The largest absolute Gasteiger partial charge is 0.462 e. The number of ether oxygens (including phenoxy) is 3. The maximum Gasteiger partial charge on any atom is 0.315 e. The van der Waals surface area contributed by atoms with Crippen LogP contribution in [0.4, 0.5) is 0 Å². The molecule has 3 heterocycles. The highest BCUT2D eigenvalue weighted by molar-refractivity contribution is 5.76. The lowest BCUT2D eigenvalue weighted by molar-refractivity contribution is -0.917. The van der Waals surface area contributed by atoms with Gasteiger partial charge in [-0.05, 0) is 39.0 Å². The van der Waals surface area contributed by atoms with Crippen molar-refractivity contribution >= 4 is 5.97 Å². The summed E-state index contributed by atoms with van der Waals surface area (Å²) in [7, 11) is 0. The van der Waals surface area contributed by atoms with Crippen molar-refractivity contribution in [2.75, 3.05) is 19.6 Å². The lowest BCUT2D eigenvalue weighted by Crippen LogP contribution is -3.16. The van der Waals surface area contributed by atoms with Crippen molar-refractivity contribution in [2.45, 2.75) is 83.4 Å². The molecule has 5 nitrogen and oxygen atoms in total. The molecule has 3 aliphatic heterocycles. The second kappa shape index (κ2) is 5.68. The average molecular weight is 365 g/mol. The molecular weight excluding hydrogens is 330 g/mol. The summed E-state index contributed by atoms with van der Waals surface area (Å²) in [6.45, 7) is 11.9. The molecule has 0 amide bonds. The topological polar surface area (TPSA) is 52.5 Å². The van der Waals surface area contributed by atoms with Crippen molar-refractivity contribution in [3.8, 4) is 0 Å². The van der Waals surface area contributed by atoms with E-state index in [2.05, 4.69) is 27.7 Å². The summed E-state index contributed by atoms with van der Waals surface area (Å²) in [4.78, 5) is 14.3. The average Bonchev–Trinajstić information content (AvgIpc) is 3.22. The second-order valence-corrected chi connectivity index (χ2v) is 10.2. The minimum absolute atomic E-state index is 0.00412. The minimum Gasteiger partial charge on any atom is -0.462 e. The van der Waals surface area contributed by atoms with Crippen molar-refractivity contribution in [3.05, 3.63) is 0 Å². The SMILES string of the molecule is C[C@@H]1C[NH+](C[C@@H]2C(=O)O[C@@H]3C[C@@]4(C)CCC[C@@H](C)[C@@]45O[C@H]5[C@H]23)C[C@H](C)O1. The molecule has 0 aromatic rings. The van der Waals surface area contributed by atoms with Gasteiger partial charge in [-0.25, -0.2) is 0 Å². The molecular formula is C21H34NO4+. The monoisotopic (exact) mass is 364 g/mol. The maximum absolute atomic E-state index is 12.8. The van der Waals surface area contributed by atoms with Gasteiger partial charge in [0.1, 0.15) is 42.9 Å². The van der Waals surface area contributed by atoms with E-state index in [-0.39, 0.29) is 53.2 Å². The van der Waals surface area contributed by atoms with Crippen LogP contribution in [-0.2, 0) is 19.0 Å². The fraction of sp³-hybridized carbons (Fsp3) is 0.952. The molecule has 1 N–H and O–H groups in total.